The maximum absolute atomic E-state index is 3.60. The van der Waals surface area contributed by atoms with E-state index in [1.807, 2.05) is 0 Å². The van der Waals surface area contributed by atoms with Gasteiger partial charge in [0.2, 0.25) is 0 Å². The monoisotopic (exact) mass is 246 g/mol. The lowest BCUT2D eigenvalue weighted by Crippen LogP contribution is -2.31. The summed E-state index contributed by atoms with van der Waals surface area (Å²) in [7, 11) is 0. The average molecular weight is 246 g/mol. The van der Waals surface area contributed by atoms with E-state index < -0.39 is 0 Å². The van der Waals surface area contributed by atoms with E-state index in [2.05, 4.69) is 48.3 Å². The van der Waals surface area contributed by atoms with Gasteiger partial charge in [-0.05, 0) is 50.8 Å². The molecule has 1 aromatic carbocycles. The van der Waals surface area contributed by atoms with Gasteiger partial charge in [-0.3, -0.25) is 0 Å². The average Bonchev–Trinajstić information content (AvgIpc) is 2.45. The second kappa shape index (κ2) is 6.79. The Hall–Kier alpha value is -1.02. The van der Waals surface area contributed by atoms with Crippen LogP contribution in [-0.4, -0.2) is 19.6 Å². The maximum Gasteiger partial charge on any atom is 0.0414 e. The van der Waals surface area contributed by atoms with E-state index in [9.17, 15) is 0 Å². The van der Waals surface area contributed by atoms with Crippen molar-refractivity contribution in [3.63, 3.8) is 0 Å². The van der Waals surface area contributed by atoms with Crippen LogP contribution in [0.2, 0.25) is 0 Å². The highest BCUT2D eigenvalue weighted by Gasteiger charge is 2.16. The molecule has 0 aromatic heterocycles. The van der Waals surface area contributed by atoms with Crippen molar-refractivity contribution in [2.45, 2.75) is 45.6 Å². The molecule has 0 saturated carbocycles. The molecule has 1 N–H and O–H groups in total. The molecule has 1 saturated heterocycles. The molecule has 1 heterocycles. The van der Waals surface area contributed by atoms with Gasteiger partial charge in [-0.25, -0.2) is 0 Å². The molecule has 1 aliphatic heterocycles. The molecule has 1 aliphatic rings. The Balaban J connectivity index is 2.13. The van der Waals surface area contributed by atoms with Crippen molar-refractivity contribution >= 4 is 5.69 Å². The molecule has 1 unspecified atom stereocenters. The first-order valence-electron chi connectivity index (χ1n) is 7.40. The summed E-state index contributed by atoms with van der Waals surface area (Å²) in [6.07, 6.45) is 5.26. The van der Waals surface area contributed by atoms with Crippen LogP contribution in [0.1, 0.15) is 51.1 Å². The van der Waals surface area contributed by atoms with Crippen LogP contribution in [0.3, 0.4) is 0 Å². The first kappa shape index (κ1) is 13.4. The fourth-order valence-electron chi connectivity index (χ4n) is 2.75. The van der Waals surface area contributed by atoms with Crippen LogP contribution in [0.4, 0.5) is 5.69 Å². The number of para-hydroxylation sites is 1. The molecule has 0 bridgehead atoms. The lowest BCUT2D eigenvalue weighted by atomic mass is 10.0. The summed E-state index contributed by atoms with van der Waals surface area (Å²) in [6, 6.07) is 9.33. The zero-order valence-corrected chi connectivity index (χ0v) is 11.8. The van der Waals surface area contributed by atoms with E-state index in [-0.39, 0.29) is 0 Å². The predicted octanol–water partition coefficient (Wildman–Crippen LogP) is 3.74. The van der Waals surface area contributed by atoms with Crippen LogP contribution in [0, 0.1) is 0 Å². The van der Waals surface area contributed by atoms with E-state index >= 15 is 0 Å². The molecular formula is C16H26N2. The Morgan fingerprint density at radius 1 is 1.17 bits per heavy atom. The van der Waals surface area contributed by atoms with Crippen molar-refractivity contribution in [1.82, 2.24) is 5.32 Å². The number of hydrogen-bond acceptors (Lipinski definition) is 2. The molecule has 1 fully saturated rings. The molecule has 2 rings (SSSR count). The number of anilines is 1. The molecule has 18 heavy (non-hydrogen) atoms. The fraction of sp³-hybridized carbons (Fsp3) is 0.625. The smallest absolute Gasteiger partial charge is 0.0414 e. The summed E-state index contributed by atoms with van der Waals surface area (Å²) in [4.78, 5) is 2.56. The second-order valence-electron chi connectivity index (χ2n) is 5.28. The lowest BCUT2D eigenvalue weighted by molar-refractivity contribution is 0.553. The highest BCUT2D eigenvalue weighted by molar-refractivity contribution is 5.55. The maximum atomic E-state index is 3.60. The molecule has 2 nitrogen and oxygen atoms in total. The third-order valence-corrected chi connectivity index (χ3v) is 3.80. The first-order valence-corrected chi connectivity index (χ1v) is 7.40. The predicted molar refractivity (Wildman–Crippen MR) is 79.2 cm³/mol. The second-order valence-corrected chi connectivity index (χ2v) is 5.28. The van der Waals surface area contributed by atoms with Gasteiger partial charge in [-0.15, -0.1) is 0 Å². The summed E-state index contributed by atoms with van der Waals surface area (Å²) in [5.41, 5.74) is 2.89. The largest absolute Gasteiger partial charge is 0.371 e. The van der Waals surface area contributed by atoms with E-state index in [1.54, 1.807) is 0 Å². The standard InChI is InChI=1S/C16H26N2/c1-3-11-17-14(2)15-9-5-6-10-16(15)18-12-7-4-8-13-18/h5-6,9-10,14,17H,3-4,7-8,11-13H2,1-2H3. The van der Waals surface area contributed by atoms with E-state index in [0.717, 1.165) is 6.54 Å². The minimum Gasteiger partial charge on any atom is -0.371 e. The van der Waals surface area contributed by atoms with Crippen molar-refractivity contribution in [2.75, 3.05) is 24.5 Å². The van der Waals surface area contributed by atoms with Gasteiger partial charge in [0.15, 0.2) is 0 Å². The summed E-state index contributed by atoms with van der Waals surface area (Å²) < 4.78 is 0. The normalized spacial score (nSPS) is 17.8. The highest BCUT2D eigenvalue weighted by atomic mass is 15.1. The van der Waals surface area contributed by atoms with Gasteiger partial charge in [0.05, 0.1) is 0 Å². The van der Waals surface area contributed by atoms with Crippen molar-refractivity contribution in [2.24, 2.45) is 0 Å². The number of nitrogens with zero attached hydrogens (tertiary/aromatic N) is 1. The van der Waals surface area contributed by atoms with Gasteiger partial charge in [0, 0.05) is 24.8 Å². The SMILES string of the molecule is CCCNC(C)c1ccccc1N1CCCCC1. The molecule has 2 heteroatoms. The molecule has 1 atom stereocenters. The van der Waals surface area contributed by atoms with Crippen molar-refractivity contribution in [1.29, 1.82) is 0 Å². The van der Waals surface area contributed by atoms with Gasteiger partial charge >= 0.3 is 0 Å². The Bertz CT molecular complexity index is 356. The van der Waals surface area contributed by atoms with Crippen molar-refractivity contribution < 1.29 is 0 Å². The quantitative estimate of drug-likeness (QED) is 0.851. The minimum atomic E-state index is 0.447. The molecule has 0 amide bonds. The first-order chi connectivity index (χ1) is 8.83. The van der Waals surface area contributed by atoms with Crippen molar-refractivity contribution in [3.05, 3.63) is 29.8 Å². The van der Waals surface area contributed by atoms with Gasteiger partial charge in [0.25, 0.3) is 0 Å². The zero-order valence-electron chi connectivity index (χ0n) is 11.8. The molecule has 0 radical (unpaired) electrons. The Labute approximate surface area is 111 Å². The third-order valence-electron chi connectivity index (χ3n) is 3.80. The Morgan fingerprint density at radius 3 is 2.61 bits per heavy atom. The summed E-state index contributed by atoms with van der Waals surface area (Å²) in [5, 5.41) is 3.60. The van der Waals surface area contributed by atoms with Crippen LogP contribution in [0.15, 0.2) is 24.3 Å². The van der Waals surface area contributed by atoms with E-state index in [1.165, 1.54) is 50.0 Å². The van der Waals surface area contributed by atoms with Gasteiger partial charge in [-0.1, -0.05) is 25.1 Å². The topological polar surface area (TPSA) is 15.3 Å². The zero-order chi connectivity index (χ0) is 12.8. The molecular weight excluding hydrogens is 220 g/mol. The lowest BCUT2D eigenvalue weighted by Gasteiger charge is -2.32. The number of benzene rings is 1. The molecule has 100 valence electrons. The van der Waals surface area contributed by atoms with Crippen LogP contribution in [0.25, 0.3) is 0 Å². The Morgan fingerprint density at radius 2 is 1.89 bits per heavy atom. The number of piperidine rings is 1. The number of hydrogen-bond donors (Lipinski definition) is 1. The number of nitrogens with one attached hydrogen (secondary N) is 1. The van der Waals surface area contributed by atoms with E-state index in [0.29, 0.717) is 6.04 Å². The molecule has 1 aromatic rings. The highest BCUT2D eigenvalue weighted by Crippen LogP contribution is 2.28. The minimum absolute atomic E-state index is 0.447. The van der Waals surface area contributed by atoms with E-state index in [4.69, 9.17) is 0 Å². The number of rotatable bonds is 5. The van der Waals surface area contributed by atoms with Crippen LogP contribution >= 0.6 is 0 Å². The summed E-state index contributed by atoms with van der Waals surface area (Å²) in [5.74, 6) is 0. The van der Waals surface area contributed by atoms with Crippen LogP contribution < -0.4 is 10.2 Å². The van der Waals surface area contributed by atoms with Gasteiger partial charge in [0.1, 0.15) is 0 Å². The Kier molecular flexibility index (Phi) is 5.06. The molecule has 0 spiro atoms. The van der Waals surface area contributed by atoms with Crippen molar-refractivity contribution in [3.8, 4) is 0 Å². The fourth-order valence-corrected chi connectivity index (χ4v) is 2.75. The molecule has 0 aliphatic carbocycles. The van der Waals surface area contributed by atoms with Gasteiger partial charge in [-0.2, -0.15) is 0 Å². The van der Waals surface area contributed by atoms with Crippen LogP contribution in [0.5, 0.6) is 0 Å². The summed E-state index contributed by atoms with van der Waals surface area (Å²) >= 11 is 0. The van der Waals surface area contributed by atoms with Gasteiger partial charge < -0.3 is 10.2 Å². The van der Waals surface area contributed by atoms with Crippen LogP contribution in [-0.2, 0) is 0 Å². The summed E-state index contributed by atoms with van der Waals surface area (Å²) in [6.45, 7) is 8.03. The third kappa shape index (κ3) is 3.26.